The quantitative estimate of drug-likeness (QED) is 0.305. The number of aliphatic hydroxyl groups excluding tert-OH is 1. The van der Waals surface area contributed by atoms with Gasteiger partial charge in [0.15, 0.2) is 6.10 Å². The van der Waals surface area contributed by atoms with Gasteiger partial charge in [-0.3, -0.25) is 0 Å². The van der Waals surface area contributed by atoms with Crippen LogP contribution in [0.25, 0.3) is 0 Å². The van der Waals surface area contributed by atoms with Gasteiger partial charge in [0, 0.05) is 40.6 Å². The topological polar surface area (TPSA) is 77.4 Å². The average Bonchev–Trinajstić information content (AvgIpc) is 3.24. The number of aliphatic imine (C=N–C) groups is 1. The molecule has 0 aliphatic carbocycles. The van der Waals surface area contributed by atoms with Crippen molar-refractivity contribution in [2.24, 2.45) is 4.99 Å². The number of hydrogen-bond donors (Lipinski definition) is 1. The van der Waals surface area contributed by atoms with E-state index in [1.807, 2.05) is 42.5 Å². The van der Waals surface area contributed by atoms with Crippen LogP contribution in [0.2, 0.25) is 10.0 Å². The fourth-order valence-corrected chi connectivity index (χ4v) is 4.54. The molecular weight excluding hydrogens is 489 g/mol. The van der Waals surface area contributed by atoms with Gasteiger partial charge < -0.3 is 19.3 Å². The fraction of sp³-hybridized carbons (Fsp3) is 0.259. The van der Waals surface area contributed by atoms with E-state index in [0.717, 1.165) is 5.56 Å². The Balaban J connectivity index is 1.77. The molecule has 0 radical (unpaired) electrons. The van der Waals surface area contributed by atoms with Crippen LogP contribution in [-0.4, -0.2) is 42.8 Å². The van der Waals surface area contributed by atoms with Gasteiger partial charge in [0.1, 0.15) is 5.75 Å². The Bertz CT molecular complexity index is 1200. The van der Waals surface area contributed by atoms with Crippen molar-refractivity contribution in [3.8, 4) is 5.75 Å². The lowest BCUT2D eigenvalue weighted by molar-refractivity contribution is -0.149. The molecule has 1 heterocycles. The first-order valence-corrected chi connectivity index (χ1v) is 11.9. The number of aliphatic hydroxyl groups is 1. The molecule has 0 amide bonds. The van der Waals surface area contributed by atoms with Crippen LogP contribution in [0.15, 0.2) is 77.8 Å². The molecule has 182 valence electrons. The predicted octanol–water partition coefficient (Wildman–Crippen LogP) is 5.43. The highest BCUT2D eigenvalue weighted by Crippen LogP contribution is 2.45. The first kappa shape index (κ1) is 25.0. The molecule has 0 unspecified atom stereocenters. The van der Waals surface area contributed by atoms with Gasteiger partial charge in [0.25, 0.3) is 0 Å². The lowest BCUT2D eigenvalue weighted by Gasteiger charge is -2.29. The van der Waals surface area contributed by atoms with Crippen molar-refractivity contribution in [1.29, 1.82) is 0 Å². The van der Waals surface area contributed by atoms with Gasteiger partial charge in [-0.25, -0.2) is 9.79 Å². The van der Waals surface area contributed by atoms with E-state index in [1.165, 1.54) is 7.11 Å². The molecule has 0 fully saturated rings. The van der Waals surface area contributed by atoms with Crippen molar-refractivity contribution in [2.45, 2.75) is 24.5 Å². The average molecular weight is 514 g/mol. The van der Waals surface area contributed by atoms with E-state index >= 15 is 0 Å². The predicted molar refractivity (Wildman–Crippen MR) is 135 cm³/mol. The minimum absolute atomic E-state index is 0.0639. The Labute approximate surface area is 214 Å². The largest absolute Gasteiger partial charge is 0.494 e. The van der Waals surface area contributed by atoms with Crippen LogP contribution in [0, 0.1) is 0 Å². The molecule has 3 aromatic rings. The second kappa shape index (κ2) is 11.1. The van der Waals surface area contributed by atoms with E-state index in [4.69, 9.17) is 47.5 Å². The Morgan fingerprint density at radius 2 is 1.83 bits per heavy atom. The van der Waals surface area contributed by atoms with Crippen LogP contribution >= 0.6 is 23.2 Å². The summed E-state index contributed by atoms with van der Waals surface area (Å²) < 4.78 is 17.2. The number of esters is 1. The molecule has 0 saturated heterocycles. The van der Waals surface area contributed by atoms with Crippen molar-refractivity contribution in [1.82, 2.24) is 0 Å². The molecule has 0 bridgehead atoms. The number of methoxy groups -OCH3 is 1. The molecule has 6 nitrogen and oxygen atoms in total. The SMILES string of the molecule is COC(=O)[C@]1(Cc2ccccc2)N=C(c2ccc(OCCCO)cc2)O[C@@H]1c1ccc(Cl)cc1Cl. The number of benzene rings is 3. The highest BCUT2D eigenvalue weighted by atomic mass is 35.5. The second-order valence-electron chi connectivity index (χ2n) is 8.11. The highest BCUT2D eigenvalue weighted by molar-refractivity contribution is 6.35. The van der Waals surface area contributed by atoms with Crippen LogP contribution in [0.5, 0.6) is 5.75 Å². The monoisotopic (exact) mass is 513 g/mol. The first-order valence-electron chi connectivity index (χ1n) is 11.1. The zero-order chi connectivity index (χ0) is 24.8. The number of hydrogen-bond acceptors (Lipinski definition) is 6. The van der Waals surface area contributed by atoms with E-state index < -0.39 is 17.6 Å². The van der Waals surface area contributed by atoms with Crippen LogP contribution in [0.1, 0.15) is 29.2 Å². The van der Waals surface area contributed by atoms with Gasteiger partial charge in [0.2, 0.25) is 11.4 Å². The maximum Gasteiger partial charge on any atom is 0.338 e. The maximum atomic E-state index is 13.4. The van der Waals surface area contributed by atoms with Gasteiger partial charge in [-0.1, -0.05) is 59.6 Å². The van der Waals surface area contributed by atoms with Crippen molar-refractivity contribution in [3.63, 3.8) is 0 Å². The van der Waals surface area contributed by atoms with Gasteiger partial charge in [0.05, 0.1) is 13.7 Å². The molecule has 0 aromatic heterocycles. The second-order valence-corrected chi connectivity index (χ2v) is 8.95. The molecule has 3 aromatic carbocycles. The molecule has 0 saturated carbocycles. The molecule has 8 heteroatoms. The Morgan fingerprint density at radius 1 is 1.09 bits per heavy atom. The first-order chi connectivity index (χ1) is 17.0. The highest BCUT2D eigenvalue weighted by Gasteiger charge is 2.55. The van der Waals surface area contributed by atoms with E-state index in [1.54, 1.807) is 30.3 Å². The van der Waals surface area contributed by atoms with Crippen LogP contribution in [0.3, 0.4) is 0 Å². The van der Waals surface area contributed by atoms with E-state index in [2.05, 4.69) is 0 Å². The summed E-state index contributed by atoms with van der Waals surface area (Å²) in [7, 11) is 1.33. The summed E-state index contributed by atoms with van der Waals surface area (Å²) in [6.45, 7) is 0.474. The molecule has 1 aliphatic heterocycles. The number of ether oxygens (including phenoxy) is 3. The number of carbonyl (C=O) groups excluding carboxylic acids is 1. The van der Waals surface area contributed by atoms with Gasteiger partial charge >= 0.3 is 5.97 Å². The van der Waals surface area contributed by atoms with E-state index in [-0.39, 0.29) is 13.0 Å². The summed E-state index contributed by atoms with van der Waals surface area (Å²) in [6.07, 6.45) is -0.0477. The summed E-state index contributed by atoms with van der Waals surface area (Å²) in [6, 6.07) is 21.8. The van der Waals surface area contributed by atoms with Crippen molar-refractivity contribution in [3.05, 3.63) is 99.5 Å². The lowest BCUT2D eigenvalue weighted by Crippen LogP contribution is -2.44. The number of rotatable bonds is 9. The van der Waals surface area contributed by atoms with E-state index in [0.29, 0.717) is 45.8 Å². The van der Waals surface area contributed by atoms with Crippen LogP contribution in [0.4, 0.5) is 0 Å². The van der Waals surface area contributed by atoms with Crippen molar-refractivity contribution < 1.29 is 24.1 Å². The number of halogens is 2. The number of nitrogens with zero attached hydrogens (tertiary/aromatic N) is 1. The minimum atomic E-state index is -1.40. The molecule has 35 heavy (non-hydrogen) atoms. The maximum absolute atomic E-state index is 13.4. The summed E-state index contributed by atoms with van der Waals surface area (Å²) in [5.74, 6) is 0.419. The van der Waals surface area contributed by atoms with Crippen molar-refractivity contribution >= 4 is 35.1 Å². The summed E-state index contributed by atoms with van der Waals surface area (Å²) >= 11 is 12.7. The molecule has 0 spiro atoms. The van der Waals surface area contributed by atoms with Gasteiger partial charge in [-0.05, 0) is 42.0 Å². The third kappa shape index (κ3) is 5.45. The molecule has 2 atom stereocenters. The lowest BCUT2D eigenvalue weighted by atomic mass is 9.83. The molecule has 1 N–H and O–H groups in total. The summed E-state index contributed by atoms with van der Waals surface area (Å²) in [4.78, 5) is 18.2. The van der Waals surface area contributed by atoms with Gasteiger partial charge in [-0.15, -0.1) is 0 Å². The standard InChI is InChI=1S/C27H25Cl2NO5/c1-33-26(32)27(17-18-6-3-2-4-7-18)24(22-13-10-20(28)16-23(22)29)35-25(30-27)19-8-11-21(12-9-19)34-15-5-14-31/h2-4,6-13,16,24,31H,5,14-15,17H2,1H3/t24-,27-/m1/s1. The molecule has 1 aliphatic rings. The third-order valence-electron chi connectivity index (χ3n) is 5.74. The smallest absolute Gasteiger partial charge is 0.338 e. The van der Waals surface area contributed by atoms with Crippen LogP contribution < -0.4 is 4.74 Å². The summed E-state index contributed by atoms with van der Waals surface area (Å²) in [5.41, 5.74) is 0.752. The number of carbonyl (C=O) groups is 1. The Hall–Kier alpha value is -3.06. The Morgan fingerprint density at radius 3 is 2.49 bits per heavy atom. The zero-order valence-corrected chi connectivity index (χ0v) is 20.6. The Kier molecular flexibility index (Phi) is 7.96. The van der Waals surface area contributed by atoms with Gasteiger partial charge in [-0.2, -0.15) is 0 Å². The fourth-order valence-electron chi connectivity index (χ4n) is 4.03. The third-order valence-corrected chi connectivity index (χ3v) is 6.30. The molecular formula is C27H25Cl2NO5. The summed E-state index contributed by atoms with van der Waals surface area (Å²) in [5, 5.41) is 9.78. The molecule has 4 rings (SSSR count). The van der Waals surface area contributed by atoms with E-state index in [9.17, 15) is 4.79 Å². The zero-order valence-electron chi connectivity index (χ0n) is 19.1. The van der Waals surface area contributed by atoms with Crippen LogP contribution in [-0.2, 0) is 20.7 Å². The minimum Gasteiger partial charge on any atom is -0.494 e. The van der Waals surface area contributed by atoms with Crippen molar-refractivity contribution in [2.75, 3.05) is 20.3 Å². The normalized spacial score (nSPS) is 19.1.